The van der Waals surface area contributed by atoms with Crippen molar-refractivity contribution in [2.75, 3.05) is 0 Å². The molecule has 4 heteroatoms. The second-order valence-electron chi connectivity index (χ2n) is 9.55. The van der Waals surface area contributed by atoms with Gasteiger partial charge in [-0.2, -0.15) is 0 Å². The van der Waals surface area contributed by atoms with Crippen molar-refractivity contribution in [2.24, 2.45) is 11.3 Å². The first kappa shape index (κ1) is 21.0. The van der Waals surface area contributed by atoms with Crippen molar-refractivity contribution in [1.29, 1.82) is 0 Å². The van der Waals surface area contributed by atoms with E-state index >= 15 is 0 Å². The van der Waals surface area contributed by atoms with Gasteiger partial charge in [0.2, 0.25) is 5.91 Å². The highest BCUT2D eigenvalue weighted by atomic mass is 35.5. The number of nitrogens with zero attached hydrogens (tertiary/aromatic N) is 2. The molecule has 1 fully saturated rings. The fourth-order valence-corrected chi connectivity index (χ4v) is 4.27. The average Bonchev–Trinajstić information content (AvgIpc) is 3.33. The van der Waals surface area contributed by atoms with E-state index in [1.807, 2.05) is 18.2 Å². The van der Waals surface area contributed by atoms with Gasteiger partial charge in [0.15, 0.2) is 0 Å². The van der Waals surface area contributed by atoms with Gasteiger partial charge in [-0.3, -0.25) is 4.79 Å². The van der Waals surface area contributed by atoms with Crippen LogP contribution in [-0.4, -0.2) is 21.4 Å². The number of rotatable bonds is 8. The molecule has 1 heterocycles. The Hall–Kier alpha value is -1.74. The Labute approximate surface area is 174 Å². The van der Waals surface area contributed by atoms with Crippen LogP contribution in [0.1, 0.15) is 64.6 Å². The molecule has 1 aromatic carbocycles. The minimum atomic E-state index is 0.258. The number of benzene rings is 1. The molecule has 28 heavy (non-hydrogen) atoms. The minimum absolute atomic E-state index is 0.258. The molecular weight excluding hydrogens is 368 g/mol. The predicted molar refractivity (Wildman–Crippen MR) is 116 cm³/mol. The first-order valence-electron chi connectivity index (χ1n) is 10.4. The molecule has 1 aliphatic rings. The highest BCUT2D eigenvalue weighted by molar-refractivity contribution is 6.31. The Morgan fingerprint density at radius 2 is 1.93 bits per heavy atom. The van der Waals surface area contributed by atoms with Crippen molar-refractivity contribution in [3.05, 3.63) is 58.9 Å². The van der Waals surface area contributed by atoms with Crippen LogP contribution in [0.4, 0.5) is 0 Å². The van der Waals surface area contributed by atoms with E-state index in [1.54, 1.807) is 0 Å². The summed E-state index contributed by atoms with van der Waals surface area (Å²) in [6, 6.07) is 12.6. The predicted octanol–water partition coefficient (Wildman–Crippen LogP) is 6.14. The molecule has 1 aromatic heterocycles. The monoisotopic (exact) mass is 400 g/mol. The second-order valence-corrected chi connectivity index (χ2v) is 9.95. The van der Waals surface area contributed by atoms with Crippen molar-refractivity contribution < 1.29 is 4.79 Å². The molecule has 0 saturated heterocycles. The van der Waals surface area contributed by atoms with Gasteiger partial charge in [-0.15, -0.1) is 0 Å². The van der Waals surface area contributed by atoms with Crippen molar-refractivity contribution >= 4 is 17.5 Å². The van der Waals surface area contributed by atoms with E-state index in [9.17, 15) is 4.79 Å². The molecule has 0 unspecified atom stereocenters. The molecule has 2 aromatic rings. The molecule has 1 atom stereocenters. The normalized spacial score (nSPS) is 15.5. The summed E-state index contributed by atoms with van der Waals surface area (Å²) >= 11 is 6.34. The fraction of sp³-hybridized carbons (Fsp3) is 0.542. The third kappa shape index (κ3) is 5.88. The van der Waals surface area contributed by atoms with Gasteiger partial charge in [-0.1, -0.05) is 57.5 Å². The number of hydrogen-bond donors (Lipinski definition) is 0. The molecule has 0 aliphatic heterocycles. The number of halogens is 1. The molecular formula is C24H33ClN2O. The van der Waals surface area contributed by atoms with Gasteiger partial charge in [0.05, 0.1) is 6.54 Å². The molecule has 0 bridgehead atoms. The zero-order valence-electron chi connectivity index (χ0n) is 17.6. The van der Waals surface area contributed by atoms with Gasteiger partial charge >= 0.3 is 0 Å². The summed E-state index contributed by atoms with van der Waals surface area (Å²) in [5.41, 5.74) is 2.53. The van der Waals surface area contributed by atoms with Crippen molar-refractivity contribution in [2.45, 2.75) is 72.5 Å². The first-order chi connectivity index (χ1) is 13.2. The zero-order chi connectivity index (χ0) is 20.3. The second kappa shape index (κ2) is 8.73. The van der Waals surface area contributed by atoms with Crippen LogP contribution in [0.5, 0.6) is 0 Å². The average molecular weight is 401 g/mol. The van der Waals surface area contributed by atoms with E-state index in [2.05, 4.69) is 61.6 Å². The van der Waals surface area contributed by atoms with Gasteiger partial charge in [-0.25, -0.2) is 0 Å². The van der Waals surface area contributed by atoms with E-state index in [4.69, 9.17) is 11.6 Å². The topological polar surface area (TPSA) is 25.2 Å². The van der Waals surface area contributed by atoms with Crippen LogP contribution >= 0.6 is 11.6 Å². The van der Waals surface area contributed by atoms with Crippen LogP contribution in [-0.2, 0) is 17.9 Å². The standard InChI is InChI=1S/C24H33ClN2O/c1-18(15-24(2,3)4)14-23(28)27(20-11-12-20)17-21-9-7-13-26(21)16-19-8-5-6-10-22(19)25/h5-10,13,18,20H,11-12,14-17H2,1-4H3/t18-/m1/s1. The maximum absolute atomic E-state index is 13.1. The molecule has 0 radical (unpaired) electrons. The van der Waals surface area contributed by atoms with Gasteiger partial charge in [0, 0.05) is 35.9 Å². The molecule has 0 N–H and O–H groups in total. The lowest BCUT2D eigenvalue weighted by Gasteiger charge is -2.27. The van der Waals surface area contributed by atoms with E-state index in [0.29, 0.717) is 30.8 Å². The van der Waals surface area contributed by atoms with E-state index in [-0.39, 0.29) is 5.41 Å². The van der Waals surface area contributed by atoms with Crippen molar-refractivity contribution in [3.63, 3.8) is 0 Å². The highest BCUT2D eigenvalue weighted by Crippen LogP contribution is 2.32. The van der Waals surface area contributed by atoms with Crippen LogP contribution in [0.15, 0.2) is 42.6 Å². The SMILES string of the molecule is C[C@H](CC(=O)N(Cc1cccn1Cc1ccccc1Cl)C1CC1)CC(C)(C)C. The lowest BCUT2D eigenvalue weighted by atomic mass is 9.84. The minimum Gasteiger partial charge on any atom is -0.345 e. The Morgan fingerprint density at radius 1 is 1.21 bits per heavy atom. The molecule has 1 aliphatic carbocycles. The zero-order valence-corrected chi connectivity index (χ0v) is 18.4. The van der Waals surface area contributed by atoms with Crippen LogP contribution in [0, 0.1) is 11.3 Å². The first-order valence-corrected chi connectivity index (χ1v) is 10.8. The lowest BCUT2D eigenvalue weighted by Crippen LogP contribution is -2.34. The number of carbonyl (C=O) groups excluding carboxylic acids is 1. The fourth-order valence-electron chi connectivity index (χ4n) is 4.07. The van der Waals surface area contributed by atoms with Crippen LogP contribution in [0.3, 0.4) is 0 Å². The summed E-state index contributed by atoms with van der Waals surface area (Å²) in [6.07, 6.45) is 6.05. The third-order valence-corrected chi connectivity index (χ3v) is 5.72. The maximum atomic E-state index is 13.1. The van der Waals surface area contributed by atoms with E-state index < -0.39 is 0 Å². The molecule has 1 saturated carbocycles. The van der Waals surface area contributed by atoms with Gasteiger partial charge in [-0.05, 0) is 54.4 Å². The van der Waals surface area contributed by atoms with Crippen LogP contribution in [0.25, 0.3) is 0 Å². The molecule has 1 amide bonds. The largest absolute Gasteiger partial charge is 0.345 e. The number of hydrogen-bond acceptors (Lipinski definition) is 1. The Balaban J connectivity index is 1.68. The Bertz CT molecular complexity index is 801. The number of carbonyl (C=O) groups is 1. The molecule has 3 rings (SSSR count). The van der Waals surface area contributed by atoms with Crippen molar-refractivity contribution in [1.82, 2.24) is 9.47 Å². The summed E-state index contributed by atoms with van der Waals surface area (Å²) in [7, 11) is 0. The number of aromatic nitrogens is 1. The summed E-state index contributed by atoms with van der Waals surface area (Å²) in [6.45, 7) is 10.4. The van der Waals surface area contributed by atoms with Gasteiger partial charge in [0.25, 0.3) is 0 Å². The van der Waals surface area contributed by atoms with Crippen LogP contribution < -0.4 is 0 Å². The maximum Gasteiger partial charge on any atom is 0.223 e. The lowest BCUT2D eigenvalue weighted by molar-refractivity contribution is -0.133. The van der Waals surface area contributed by atoms with Gasteiger partial charge < -0.3 is 9.47 Å². The Morgan fingerprint density at radius 3 is 2.57 bits per heavy atom. The van der Waals surface area contributed by atoms with Crippen LogP contribution in [0.2, 0.25) is 5.02 Å². The number of amides is 1. The Kier molecular flexibility index (Phi) is 6.54. The third-order valence-electron chi connectivity index (χ3n) is 5.35. The van der Waals surface area contributed by atoms with Crippen molar-refractivity contribution in [3.8, 4) is 0 Å². The summed E-state index contributed by atoms with van der Waals surface area (Å²) in [5, 5.41) is 0.785. The molecule has 3 nitrogen and oxygen atoms in total. The quantitative estimate of drug-likeness (QED) is 0.522. The summed E-state index contributed by atoms with van der Waals surface area (Å²) < 4.78 is 2.21. The van der Waals surface area contributed by atoms with E-state index in [1.165, 1.54) is 5.69 Å². The summed E-state index contributed by atoms with van der Waals surface area (Å²) in [4.78, 5) is 15.2. The van der Waals surface area contributed by atoms with Gasteiger partial charge in [0.1, 0.15) is 0 Å². The highest BCUT2D eigenvalue weighted by Gasteiger charge is 2.33. The summed E-state index contributed by atoms with van der Waals surface area (Å²) in [5.74, 6) is 0.702. The molecule has 0 spiro atoms. The van der Waals surface area contributed by atoms with E-state index in [0.717, 1.165) is 36.4 Å². The smallest absolute Gasteiger partial charge is 0.223 e. The molecule has 152 valence electrons.